The van der Waals surface area contributed by atoms with Gasteiger partial charge in [0.1, 0.15) is 12.3 Å². The average Bonchev–Trinajstić information content (AvgIpc) is 2.52. The minimum Gasteiger partial charge on any atom is -0.393 e. The van der Waals surface area contributed by atoms with Gasteiger partial charge in [-0.1, -0.05) is 5.92 Å². The fourth-order valence-corrected chi connectivity index (χ4v) is 2.99. The van der Waals surface area contributed by atoms with E-state index in [9.17, 15) is 5.11 Å². The molecule has 1 saturated carbocycles. The van der Waals surface area contributed by atoms with Crippen LogP contribution in [0.3, 0.4) is 0 Å². The molecule has 2 fully saturated rings. The summed E-state index contributed by atoms with van der Waals surface area (Å²) in [5.74, 6) is 5.47. The van der Waals surface area contributed by atoms with Crippen LogP contribution in [0.1, 0.15) is 31.4 Å². The van der Waals surface area contributed by atoms with Gasteiger partial charge in [-0.2, -0.15) is 0 Å². The summed E-state index contributed by atoms with van der Waals surface area (Å²) < 4.78 is 6.01. The molecule has 1 aromatic rings. The second-order valence-corrected chi connectivity index (χ2v) is 5.93. The molecule has 3 rings (SSSR count). The molecule has 0 aromatic carbocycles. The van der Waals surface area contributed by atoms with Gasteiger partial charge < -0.3 is 19.8 Å². The first-order valence-electron chi connectivity index (χ1n) is 7.89. The smallest absolute Gasteiger partial charge is 0.115 e. The van der Waals surface area contributed by atoms with Crippen LogP contribution in [0.2, 0.25) is 0 Å². The third-order valence-electron chi connectivity index (χ3n) is 4.30. The van der Waals surface area contributed by atoms with Crippen molar-refractivity contribution < 1.29 is 14.9 Å². The molecule has 0 amide bonds. The van der Waals surface area contributed by atoms with Crippen LogP contribution < -0.4 is 4.90 Å². The number of hydrogen-bond donors (Lipinski definition) is 2. The van der Waals surface area contributed by atoms with Crippen LogP contribution in [-0.2, 0) is 4.74 Å². The highest BCUT2D eigenvalue weighted by Crippen LogP contribution is 2.28. The van der Waals surface area contributed by atoms with Crippen LogP contribution in [0, 0.1) is 11.8 Å². The number of hydrogen-bond acceptors (Lipinski definition) is 5. The number of rotatable bonds is 3. The van der Waals surface area contributed by atoms with Crippen LogP contribution in [0.5, 0.6) is 0 Å². The maximum absolute atomic E-state index is 9.31. The fourth-order valence-electron chi connectivity index (χ4n) is 2.99. The Kier molecular flexibility index (Phi) is 4.94. The third kappa shape index (κ3) is 3.77. The average molecular weight is 302 g/mol. The SMILES string of the molecule is OCC#Cc1cc(N2CCC(OC3CC(O)C3)CC2)ccn1. The van der Waals surface area contributed by atoms with Crippen molar-refractivity contribution in [1.29, 1.82) is 0 Å². The van der Waals surface area contributed by atoms with Gasteiger partial charge in [0.25, 0.3) is 0 Å². The number of aliphatic hydroxyl groups excluding tert-OH is 2. The lowest BCUT2D eigenvalue weighted by atomic mass is 9.91. The highest BCUT2D eigenvalue weighted by atomic mass is 16.5. The van der Waals surface area contributed by atoms with Crippen molar-refractivity contribution in [3.8, 4) is 11.8 Å². The molecule has 2 heterocycles. The third-order valence-corrected chi connectivity index (χ3v) is 4.30. The van der Waals surface area contributed by atoms with Crippen molar-refractivity contribution in [1.82, 2.24) is 4.98 Å². The second kappa shape index (κ2) is 7.10. The van der Waals surface area contributed by atoms with Gasteiger partial charge in [0, 0.05) is 25.0 Å². The Morgan fingerprint density at radius 3 is 2.73 bits per heavy atom. The molecule has 1 aliphatic carbocycles. The molecule has 2 aliphatic rings. The molecule has 22 heavy (non-hydrogen) atoms. The lowest BCUT2D eigenvalue weighted by Crippen LogP contribution is -2.42. The molecule has 1 aromatic heterocycles. The van der Waals surface area contributed by atoms with Gasteiger partial charge >= 0.3 is 0 Å². The number of nitrogens with zero attached hydrogens (tertiary/aromatic N) is 2. The second-order valence-electron chi connectivity index (χ2n) is 5.93. The minimum absolute atomic E-state index is 0.148. The zero-order valence-corrected chi connectivity index (χ0v) is 12.6. The maximum atomic E-state index is 9.31. The Morgan fingerprint density at radius 2 is 2.05 bits per heavy atom. The Morgan fingerprint density at radius 1 is 1.27 bits per heavy atom. The molecule has 2 N–H and O–H groups in total. The zero-order valence-electron chi connectivity index (χ0n) is 12.6. The molecular formula is C17H22N2O3. The van der Waals surface area contributed by atoms with Crippen molar-refractivity contribution in [2.75, 3.05) is 24.6 Å². The first kappa shape index (κ1) is 15.3. The van der Waals surface area contributed by atoms with E-state index in [0.717, 1.165) is 44.5 Å². The molecule has 118 valence electrons. The van der Waals surface area contributed by atoms with E-state index in [1.165, 1.54) is 0 Å². The predicted molar refractivity (Wildman–Crippen MR) is 83.5 cm³/mol. The standard InChI is InChI=1S/C17H22N2O3/c20-9-1-2-13-10-14(3-6-18-13)19-7-4-16(5-8-19)22-17-11-15(21)12-17/h3,6,10,15-17,20-21H,4-5,7-9,11-12H2. The fraction of sp³-hybridized carbons (Fsp3) is 0.588. The highest BCUT2D eigenvalue weighted by Gasteiger charge is 2.31. The molecular weight excluding hydrogens is 280 g/mol. The highest BCUT2D eigenvalue weighted by molar-refractivity contribution is 5.50. The van der Waals surface area contributed by atoms with E-state index < -0.39 is 0 Å². The number of piperidine rings is 1. The Balaban J connectivity index is 1.52. The molecule has 0 atom stereocenters. The Labute approximate surface area is 130 Å². The lowest BCUT2D eigenvalue weighted by molar-refractivity contribution is -0.108. The predicted octanol–water partition coefficient (Wildman–Crippen LogP) is 0.934. The summed E-state index contributed by atoms with van der Waals surface area (Å²) in [4.78, 5) is 6.51. The summed E-state index contributed by atoms with van der Waals surface area (Å²) >= 11 is 0. The van der Waals surface area contributed by atoms with Gasteiger partial charge in [-0.25, -0.2) is 4.98 Å². The van der Waals surface area contributed by atoms with Gasteiger partial charge in [-0.15, -0.1) is 0 Å². The topological polar surface area (TPSA) is 65.8 Å². The molecule has 1 aliphatic heterocycles. The molecule has 0 spiro atoms. The van der Waals surface area contributed by atoms with E-state index in [1.54, 1.807) is 6.20 Å². The van der Waals surface area contributed by atoms with E-state index in [1.807, 2.05) is 12.1 Å². The van der Waals surface area contributed by atoms with Crippen molar-refractivity contribution in [3.63, 3.8) is 0 Å². The van der Waals surface area contributed by atoms with Gasteiger partial charge in [-0.05, 0) is 43.7 Å². The molecule has 5 heteroatoms. The van der Waals surface area contributed by atoms with Gasteiger partial charge in [-0.3, -0.25) is 0 Å². The quantitative estimate of drug-likeness (QED) is 0.813. The summed E-state index contributed by atoms with van der Waals surface area (Å²) in [5, 5.41) is 18.1. The monoisotopic (exact) mass is 302 g/mol. The minimum atomic E-state index is -0.152. The van der Waals surface area contributed by atoms with Gasteiger partial charge in [0.15, 0.2) is 0 Å². The molecule has 0 bridgehead atoms. The van der Waals surface area contributed by atoms with Crippen LogP contribution in [-0.4, -0.2) is 53.2 Å². The van der Waals surface area contributed by atoms with E-state index in [-0.39, 0.29) is 18.8 Å². The maximum Gasteiger partial charge on any atom is 0.115 e. The molecule has 0 radical (unpaired) electrons. The van der Waals surface area contributed by atoms with Gasteiger partial charge in [0.2, 0.25) is 0 Å². The Bertz CT molecular complexity index is 553. The summed E-state index contributed by atoms with van der Waals surface area (Å²) in [6, 6.07) is 3.96. The van der Waals surface area contributed by atoms with Crippen molar-refractivity contribution in [3.05, 3.63) is 24.0 Å². The lowest BCUT2D eigenvalue weighted by Gasteiger charge is -2.38. The van der Waals surface area contributed by atoms with Gasteiger partial charge in [0.05, 0.1) is 18.3 Å². The molecule has 0 unspecified atom stereocenters. The van der Waals surface area contributed by atoms with E-state index in [0.29, 0.717) is 11.8 Å². The largest absolute Gasteiger partial charge is 0.393 e. The summed E-state index contributed by atoms with van der Waals surface area (Å²) in [7, 11) is 0. The first-order chi connectivity index (χ1) is 10.7. The van der Waals surface area contributed by atoms with Crippen molar-refractivity contribution in [2.45, 2.75) is 44.0 Å². The summed E-state index contributed by atoms with van der Waals surface area (Å²) in [6.07, 6.45) is 5.76. The van der Waals surface area contributed by atoms with E-state index in [4.69, 9.17) is 9.84 Å². The summed E-state index contributed by atoms with van der Waals surface area (Å²) in [6.45, 7) is 1.76. The van der Waals surface area contributed by atoms with Crippen molar-refractivity contribution in [2.24, 2.45) is 0 Å². The normalized spacial score (nSPS) is 25.3. The number of anilines is 1. The van der Waals surface area contributed by atoms with Crippen LogP contribution in [0.4, 0.5) is 5.69 Å². The zero-order chi connectivity index (χ0) is 15.4. The van der Waals surface area contributed by atoms with E-state index >= 15 is 0 Å². The number of pyridine rings is 1. The summed E-state index contributed by atoms with van der Waals surface area (Å²) in [5.41, 5.74) is 1.81. The number of aliphatic hydroxyl groups is 2. The van der Waals surface area contributed by atoms with Crippen LogP contribution >= 0.6 is 0 Å². The molecule has 1 saturated heterocycles. The van der Waals surface area contributed by atoms with Crippen LogP contribution in [0.15, 0.2) is 18.3 Å². The molecule has 5 nitrogen and oxygen atoms in total. The first-order valence-corrected chi connectivity index (χ1v) is 7.89. The number of ether oxygens (including phenoxy) is 1. The number of aromatic nitrogens is 1. The van der Waals surface area contributed by atoms with Crippen LogP contribution in [0.25, 0.3) is 0 Å². The Hall–Kier alpha value is -1.61. The van der Waals surface area contributed by atoms with E-state index in [2.05, 4.69) is 21.7 Å². The van der Waals surface area contributed by atoms with Crippen molar-refractivity contribution >= 4 is 5.69 Å².